The minimum atomic E-state index is -0.755. The normalized spacial score (nSPS) is 12.4. The standard InChI is InChI=1S/C27H40N6O3/c28-16-6-4-10-23(26(35)31-19-21-12-14-22(30)15-13-21)33-27(36)24(11-5-7-17-29)32-25(34)18-20-8-2-1-3-9-20/h1-3,8-9,12-15,23-24H,4-7,10-11,16-19,28-30H2,(H,31,35)(H,32,34)(H,33,36)/t23-,24-/m0/s1. The quantitative estimate of drug-likeness (QED) is 0.152. The minimum absolute atomic E-state index is 0.170. The fraction of sp³-hybridized carbons (Fsp3) is 0.444. The van der Waals surface area contributed by atoms with Crippen molar-refractivity contribution in [3.63, 3.8) is 0 Å². The Balaban J connectivity index is 2.03. The molecule has 2 aromatic rings. The molecule has 2 aromatic carbocycles. The molecular formula is C27H40N6O3. The molecule has 2 rings (SSSR count). The van der Waals surface area contributed by atoms with Crippen molar-refractivity contribution < 1.29 is 14.4 Å². The van der Waals surface area contributed by atoms with Crippen LogP contribution >= 0.6 is 0 Å². The van der Waals surface area contributed by atoms with Gasteiger partial charge < -0.3 is 33.2 Å². The Morgan fingerprint density at radius 1 is 0.694 bits per heavy atom. The van der Waals surface area contributed by atoms with E-state index in [-0.39, 0.29) is 24.1 Å². The summed E-state index contributed by atoms with van der Waals surface area (Å²) < 4.78 is 0. The maximum absolute atomic E-state index is 13.2. The highest BCUT2D eigenvalue weighted by molar-refractivity contribution is 5.92. The van der Waals surface area contributed by atoms with Gasteiger partial charge >= 0.3 is 0 Å². The molecule has 9 heteroatoms. The molecule has 0 aliphatic carbocycles. The lowest BCUT2D eigenvalue weighted by atomic mass is 10.0. The van der Waals surface area contributed by atoms with Crippen molar-refractivity contribution in [1.29, 1.82) is 0 Å². The number of nitrogens with two attached hydrogens (primary N) is 3. The van der Waals surface area contributed by atoms with E-state index in [0.717, 1.165) is 24.0 Å². The summed E-state index contributed by atoms with van der Waals surface area (Å²) in [5, 5.41) is 8.59. The molecular weight excluding hydrogens is 456 g/mol. The number of hydrogen-bond acceptors (Lipinski definition) is 6. The third kappa shape index (κ3) is 10.9. The fourth-order valence-electron chi connectivity index (χ4n) is 3.77. The Morgan fingerprint density at radius 3 is 1.86 bits per heavy atom. The minimum Gasteiger partial charge on any atom is -0.399 e. The van der Waals surface area contributed by atoms with E-state index in [2.05, 4.69) is 16.0 Å². The summed E-state index contributed by atoms with van der Waals surface area (Å²) >= 11 is 0. The van der Waals surface area contributed by atoms with Gasteiger partial charge in [-0.05, 0) is 74.9 Å². The zero-order chi connectivity index (χ0) is 26.2. The zero-order valence-corrected chi connectivity index (χ0v) is 20.9. The number of hydrogen-bond donors (Lipinski definition) is 6. The summed E-state index contributed by atoms with van der Waals surface area (Å²) in [5.41, 5.74) is 19.4. The van der Waals surface area contributed by atoms with Crippen molar-refractivity contribution in [2.75, 3.05) is 18.8 Å². The lowest BCUT2D eigenvalue weighted by Crippen LogP contribution is -2.53. The van der Waals surface area contributed by atoms with Crippen LogP contribution in [-0.2, 0) is 27.3 Å². The SMILES string of the molecule is NCCCC[C@H](NC(=O)Cc1ccccc1)C(=O)N[C@@H](CCCCN)C(=O)NCc1ccc(N)cc1. The average Bonchev–Trinajstić information content (AvgIpc) is 2.87. The van der Waals surface area contributed by atoms with E-state index in [1.807, 2.05) is 42.5 Å². The van der Waals surface area contributed by atoms with Crippen LogP contribution in [0.15, 0.2) is 54.6 Å². The van der Waals surface area contributed by atoms with Gasteiger partial charge in [0.05, 0.1) is 6.42 Å². The Bertz CT molecular complexity index is 936. The van der Waals surface area contributed by atoms with E-state index < -0.39 is 12.1 Å². The van der Waals surface area contributed by atoms with Gasteiger partial charge in [0, 0.05) is 12.2 Å². The molecule has 9 nitrogen and oxygen atoms in total. The zero-order valence-electron chi connectivity index (χ0n) is 20.9. The number of nitrogens with one attached hydrogen (secondary N) is 3. The summed E-state index contributed by atoms with van der Waals surface area (Å²) in [6.07, 6.45) is 3.90. The smallest absolute Gasteiger partial charge is 0.243 e. The number of rotatable bonds is 16. The summed E-state index contributed by atoms with van der Waals surface area (Å²) in [6, 6.07) is 15.1. The molecule has 0 spiro atoms. The van der Waals surface area contributed by atoms with Crippen LogP contribution in [0.25, 0.3) is 0 Å². The van der Waals surface area contributed by atoms with Crippen LogP contribution < -0.4 is 33.2 Å². The molecule has 0 heterocycles. The summed E-state index contributed by atoms with van der Waals surface area (Å²) in [7, 11) is 0. The van der Waals surface area contributed by atoms with Crippen LogP contribution in [-0.4, -0.2) is 42.9 Å². The van der Waals surface area contributed by atoms with Gasteiger partial charge in [0.15, 0.2) is 0 Å². The number of anilines is 1. The third-order valence-electron chi connectivity index (χ3n) is 5.83. The Hall–Kier alpha value is -3.43. The first-order valence-corrected chi connectivity index (χ1v) is 12.6. The average molecular weight is 497 g/mol. The number of nitrogen functional groups attached to an aromatic ring is 1. The predicted octanol–water partition coefficient (Wildman–Crippen LogP) is 1.36. The van der Waals surface area contributed by atoms with Gasteiger partial charge in [0.2, 0.25) is 17.7 Å². The second-order valence-electron chi connectivity index (χ2n) is 8.87. The van der Waals surface area contributed by atoms with Crippen molar-refractivity contribution >= 4 is 23.4 Å². The van der Waals surface area contributed by atoms with Crippen molar-refractivity contribution in [3.8, 4) is 0 Å². The number of carbonyl (C=O) groups excluding carboxylic acids is 3. The molecule has 0 fully saturated rings. The van der Waals surface area contributed by atoms with Gasteiger partial charge in [0.25, 0.3) is 0 Å². The fourth-order valence-corrected chi connectivity index (χ4v) is 3.77. The molecule has 0 aliphatic rings. The number of benzene rings is 2. The first-order chi connectivity index (χ1) is 17.4. The predicted molar refractivity (Wildman–Crippen MR) is 143 cm³/mol. The number of amides is 3. The van der Waals surface area contributed by atoms with E-state index in [4.69, 9.17) is 17.2 Å². The Kier molecular flexibility index (Phi) is 13.0. The third-order valence-corrected chi connectivity index (χ3v) is 5.83. The molecule has 0 bridgehead atoms. The van der Waals surface area contributed by atoms with E-state index in [1.165, 1.54) is 0 Å². The van der Waals surface area contributed by atoms with Crippen LogP contribution in [0.5, 0.6) is 0 Å². The van der Waals surface area contributed by atoms with E-state index in [1.54, 1.807) is 12.1 Å². The van der Waals surface area contributed by atoms with Crippen molar-refractivity contribution in [3.05, 3.63) is 65.7 Å². The maximum atomic E-state index is 13.2. The van der Waals surface area contributed by atoms with E-state index in [0.29, 0.717) is 51.0 Å². The molecule has 0 saturated carbocycles. The summed E-state index contributed by atoms with van der Waals surface area (Å²) in [5.74, 6) is -0.913. The highest BCUT2D eigenvalue weighted by atomic mass is 16.2. The van der Waals surface area contributed by atoms with Crippen LogP contribution in [0.1, 0.15) is 49.7 Å². The first kappa shape index (κ1) is 28.8. The van der Waals surface area contributed by atoms with Crippen LogP contribution in [0.2, 0.25) is 0 Å². The molecule has 36 heavy (non-hydrogen) atoms. The first-order valence-electron chi connectivity index (χ1n) is 12.6. The van der Waals surface area contributed by atoms with Crippen LogP contribution in [0, 0.1) is 0 Å². The molecule has 9 N–H and O–H groups in total. The second kappa shape index (κ2) is 16.3. The van der Waals surface area contributed by atoms with Gasteiger partial charge in [-0.25, -0.2) is 0 Å². The lowest BCUT2D eigenvalue weighted by Gasteiger charge is -2.23. The monoisotopic (exact) mass is 496 g/mol. The molecule has 2 atom stereocenters. The van der Waals surface area contributed by atoms with Crippen LogP contribution in [0.4, 0.5) is 5.69 Å². The summed E-state index contributed by atoms with van der Waals surface area (Å²) in [6.45, 7) is 1.32. The molecule has 3 amide bonds. The van der Waals surface area contributed by atoms with Gasteiger partial charge in [-0.2, -0.15) is 0 Å². The van der Waals surface area contributed by atoms with Gasteiger partial charge in [0.1, 0.15) is 12.1 Å². The van der Waals surface area contributed by atoms with Crippen molar-refractivity contribution in [2.24, 2.45) is 11.5 Å². The molecule has 196 valence electrons. The van der Waals surface area contributed by atoms with Gasteiger partial charge in [-0.1, -0.05) is 42.5 Å². The molecule has 0 aromatic heterocycles. The molecule has 0 unspecified atom stereocenters. The Morgan fingerprint density at radius 2 is 1.28 bits per heavy atom. The van der Waals surface area contributed by atoms with Crippen molar-refractivity contribution in [2.45, 2.75) is 63.6 Å². The Labute approximate surface area is 213 Å². The molecule has 0 saturated heterocycles. The molecule has 0 aliphatic heterocycles. The topological polar surface area (TPSA) is 165 Å². The highest BCUT2D eigenvalue weighted by Gasteiger charge is 2.26. The van der Waals surface area contributed by atoms with E-state index >= 15 is 0 Å². The number of unbranched alkanes of at least 4 members (excludes halogenated alkanes) is 2. The largest absolute Gasteiger partial charge is 0.399 e. The summed E-state index contributed by atoms with van der Waals surface area (Å²) in [4.78, 5) is 38.8. The second-order valence-corrected chi connectivity index (χ2v) is 8.87. The highest BCUT2D eigenvalue weighted by Crippen LogP contribution is 2.08. The van der Waals surface area contributed by atoms with Gasteiger partial charge in [-0.3, -0.25) is 14.4 Å². The number of carbonyl (C=O) groups is 3. The van der Waals surface area contributed by atoms with Gasteiger partial charge in [-0.15, -0.1) is 0 Å². The van der Waals surface area contributed by atoms with Crippen molar-refractivity contribution in [1.82, 2.24) is 16.0 Å². The van der Waals surface area contributed by atoms with Crippen LogP contribution in [0.3, 0.4) is 0 Å². The lowest BCUT2D eigenvalue weighted by molar-refractivity contribution is -0.132. The maximum Gasteiger partial charge on any atom is 0.243 e. The molecule has 0 radical (unpaired) electrons. The van der Waals surface area contributed by atoms with E-state index in [9.17, 15) is 14.4 Å².